The first-order valence-electron chi connectivity index (χ1n) is 2.90. The molecule has 1 fully saturated rings. The summed E-state index contributed by atoms with van der Waals surface area (Å²) in [6.45, 7) is 1.52. The topological polar surface area (TPSA) is 74.3 Å². The molecular formula is C5H10N4. The Morgan fingerprint density at radius 2 is 2.44 bits per heavy atom. The van der Waals surface area contributed by atoms with Gasteiger partial charge in [-0.15, -0.1) is 0 Å². The summed E-state index contributed by atoms with van der Waals surface area (Å²) >= 11 is 0. The summed E-state index contributed by atoms with van der Waals surface area (Å²) < 4.78 is 0. The molecule has 1 heterocycles. The van der Waals surface area contributed by atoms with Crippen LogP contribution in [0.15, 0.2) is 5.10 Å². The predicted octanol–water partition coefficient (Wildman–Crippen LogP) is -0.686. The minimum atomic E-state index is 0.566. The lowest BCUT2D eigenvalue weighted by atomic mass is 10.1. The summed E-state index contributed by atoms with van der Waals surface area (Å²) in [7, 11) is 0. The number of hydrogen-bond acceptors (Lipinski definition) is 4. The first-order chi connectivity index (χ1) is 4.34. The zero-order valence-electron chi connectivity index (χ0n) is 5.15. The number of nitrogens with zero attached hydrogens (tertiary/aromatic N) is 1. The molecule has 0 atom stereocenters. The second kappa shape index (κ2) is 2.59. The Bertz CT molecular complexity index is 149. The van der Waals surface area contributed by atoms with Gasteiger partial charge in [0.1, 0.15) is 0 Å². The average molecular weight is 126 g/mol. The molecule has 4 nitrogen and oxygen atoms in total. The normalized spacial score (nSPS) is 24.9. The fourth-order valence-corrected chi connectivity index (χ4v) is 0.795. The van der Waals surface area contributed by atoms with E-state index in [1.807, 2.05) is 0 Å². The molecular weight excluding hydrogens is 116 g/mol. The molecule has 0 spiro atoms. The molecule has 0 aromatic heterocycles. The van der Waals surface area contributed by atoms with Crippen LogP contribution in [-0.4, -0.2) is 24.5 Å². The maximum atomic E-state index is 7.30. The molecule has 0 saturated carbocycles. The fourth-order valence-electron chi connectivity index (χ4n) is 0.795. The Morgan fingerprint density at radius 1 is 1.67 bits per heavy atom. The number of hydrazone groups is 1. The van der Waals surface area contributed by atoms with Gasteiger partial charge in [-0.2, -0.15) is 5.10 Å². The number of hydrogen-bond donors (Lipinski definition) is 3. The number of piperidine rings is 1. The van der Waals surface area contributed by atoms with Gasteiger partial charge in [0.05, 0.1) is 11.4 Å². The summed E-state index contributed by atoms with van der Waals surface area (Å²) in [4.78, 5) is 0. The first kappa shape index (κ1) is 6.22. The second-order valence-corrected chi connectivity index (χ2v) is 1.98. The van der Waals surface area contributed by atoms with Crippen molar-refractivity contribution in [1.82, 2.24) is 5.32 Å². The van der Waals surface area contributed by atoms with Crippen molar-refractivity contribution in [2.45, 2.75) is 6.42 Å². The van der Waals surface area contributed by atoms with Gasteiger partial charge in [-0.05, 0) is 0 Å². The largest absolute Gasteiger partial charge is 0.323 e. The highest BCUT2D eigenvalue weighted by molar-refractivity contribution is 6.42. The van der Waals surface area contributed by atoms with Crippen LogP contribution in [0.1, 0.15) is 6.42 Å². The van der Waals surface area contributed by atoms with E-state index >= 15 is 0 Å². The molecule has 0 bridgehead atoms. The minimum absolute atomic E-state index is 0.566. The molecule has 4 heteroatoms. The average Bonchev–Trinajstić information content (AvgIpc) is 1.89. The van der Waals surface area contributed by atoms with Crippen LogP contribution in [0.5, 0.6) is 0 Å². The van der Waals surface area contributed by atoms with Crippen LogP contribution < -0.4 is 11.2 Å². The highest BCUT2D eigenvalue weighted by Gasteiger charge is 2.10. The molecule has 1 aliphatic heterocycles. The number of nitrogens with two attached hydrogens (primary N) is 1. The molecule has 9 heavy (non-hydrogen) atoms. The van der Waals surface area contributed by atoms with Crippen molar-refractivity contribution in [3.8, 4) is 0 Å². The van der Waals surface area contributed by atoms with Gasteiger partial charge in [-0.3, -0.25) is 0 Å². The van der Waals surface area contributed by atoms with Crippen LogP contribution in [0.3, 0.4) is 0 Å². The summed E-state index contributed by atoms with van der Waals surface area (Å²) in [6, 6.07) is 0. The van der Waals surface area contributed by atoms with Gasteiger partial charge in [0, 0.05) is 19.5 Å². The Balaban J connectivity index is 2.60. The van der Waals surface area contributed by atoms with E-state index < -0.39 is 0 Å². The molecule has 0 radical (unpaired) electrons. The predicted molar refractivity (Wildman–Crippen MR) is 36.8 cm³/mol. The first-order valence-corrected chi connectivity index (χ1v) is 2.90. The lowest BCUT2D eigenvalue weighted by molar-refractivity contribution is 0.765. The molecule has 1 rings (SSSR count). The molecule has 1 saturated heterocycles. The van der Waals surface area contributed by atoms with E-state index in [1.54, 1.807) is 0 Å². The van der Waals surface area contributed by atoms with E-state index in [0.717, 1.165) is 13.0 Å². The van der Waals surface area contributed by atoms with Crippen LogP contribution in [-0.2, 0) is 0 Å². The van der Waals surface area contributed by atoms with Gasteiger partial charge in [0.15, 0.2) is 0 Å². The highest BCUT2D eigenvalue weighted by atomic mass is 15.1. The molecule has 50 valence electrons. The van der Waals surface area contributed by atoms with Crippen molar-refractivity contribution in [2.75, 3.05) is 13.1 Å². The van der Waals surface area contributed by atoms with Gasteiger partial charge >= 0.3 is 0 Å². The maximum Gasteiger partial charge on any atom is 0.0945 e. The summed E-state index contributed by atoms with van der Waals surface area (Å²) in [5, 5.41) is 13.8. The van der Waals surface area contributed by atoms with E-state index in [9.17, 15) is 0 Å². The van der Waals surface area contributed by atoms with Crippen molar-refractivity contribution < 1.29 is 0 Å². The van der Waals surface area contributed by atoms with Crippen molar-refractivity contribution in [2.24, 2.45) is 10.9 Å². The van der Waals surface area contributed by atoms with Gasteiger partial charge in [0.25, 0.3) is 0 Å². The van der Waals surface area contributed by atoms with Crippen molar-refractivity contribution in [1.29, 1.82) is 5.41 Å². The maximum absolute atomic E-state index is 7.30. The van der Waals surface area contributed by atoms with Gasteiger partial charge in [-0.25, -0.2) is 0 Å². The molecule has 0 aromatic carbocycles. The Morgan fingerprint density at radius 3 is 2.89 bits per heavy atom. The SMILES string of the molecule is N=C1CCNC/C1=N/N. The summed E-state index contributed by atoms with van der Waals surface area (Å²) in [5.41, 5.74) is 1.25. The Hall–Kier alpha value is -0.900. The van der Waals surface area contributed by atoms with E-state index in [2.05, 4.69) is 10.4 Å². The zero-order valence-corrected chi connectivity index (χ0v) is 5.15. The Kier molecular flexibility index (Phi) is 1.79. The molecule has 1 aliphatic rings. The summed E-state index contributed by atoms with van der Waals surface area (Å²) in [5.74, 6) is 5.00. The molecule has 0 aliphatic carbocycles. The van der Waals surface area contributed by atoms with E-state index in [1.165, 1.54) is 0 Å². The zero-order chi connectivity index (χ0) is 6.69. The molecule has 0 aromatic rings. The van der Waals surface area contributed by atoms with Crippen LogP contribution in [0, 0.1) is 5.41 Å². The van der Waals surface area contributed by atoms with Gasteiger partial charge in [0.2, 0.25) is 0 Å². The van der Waals surface area contributed by atoms with Crippen molar-refractivity contribution >= 4 is 11.4 Å². The Labute approximate surface area is 53.6 Å². The fraction of sp³-hybridized carbons (Fsp3) is 0.600. The third-order valence-electron chi connectivity index (χ3n) is 1.35. The third kappa shape index (κ3) is 1.26. The number of nitrogens with one attached hydrogen (secondary N) is 2. The smallest absolute Gasteiger partial charge is 0.0945 e. The number of rotatable bonds is 0. The van der Waals surface area contributed by atoms with E-state index in [-0.39, 0.29) is 0 Å². The standard InChI is InChI=1S/C5H10N4/c6-4-1-2-8-3-5(4)9-7/h6,8H,1-3,7H2/b6-4?,9-5-. The van der Waals surface area contributed by atoms with Crippen LogP contribution in [0.4, 0.5) is 0 Å². The summed E-state index contributed by atoms with van der Waals surface area (Å²) in [6.07, 6.45) is 0.746. The molecule has 0 unspecified atom stereocenters. The van der Waals surface area contributed by atoms with Crippen molar-refractivity contribution in [3.05, 3.63) is 0 Å². The van der Waals surface area contributed by atoms with E-state index in [4.69, 9.17) is 11.3 Å². The molecule has 4 N–H and O–H groups in total. The molecule has 0 amide bonds. The lowest BCUT2D eigenvalue weighted by Crippen LogP contribution is -2.37. The third-order valence-corrected chi connectivity index (χ3v) is 1.35. The second-order valence-electron chi connectivity index (χ2n) is 1.98. The van der Waals surface area contributed by atoms with Crippen LogP contribution in [0.2, 0.25) is 0 Å². The van der Waals surface area contributed by atoms with Crippen molar-refractivity contribution in [3.63, 3.8) is 0 Å². The van der Waals surface area contributed by atoms with E-state index in [0.29, 0.717) is 18.0 Å². The van der Waals surface area contributed by atoms with Crippen LogP contribution in [0.25, 0.3) is 0 Å². The quantitative estimate of drug-likeness (QED) is 0.297. The van der Waals surface area contributed by atoms with Gasteiger partial charge < -0.3 is 16.6 Å². The monoisotopic (exact) mass is 126 g/mol. The van der Waals surface area contributed by atoms with Gasteiger partial charge in [-0.1, -0.05) is 0 Å². The van der Waals surface area contributed by atoms with Crippen LogP contribution >= 0.6 is 0 Å². The lowest BCUT2D eigenvalue weighted by Gasteiger charge is -2.13. The minimum Gasteiger partial charge on any atom is -0.323 e. The highest BCUT2D eigenvalue weighted by Crippen LogP contribution is 1.91.